The third kappa shape index (κ3) is 9.61. The number of aliphatic imine (C=N–C) groups is 3. The molecule has 310 valence electrons. The molecule has 6 atom stereocenters. The number of aliphatic hydroxyl groups excluding tert-OH is 1. The predicted molar refractivity (Wildman–Crippen MR) is 242 cm³/mol. The average Bonchev–Trinajstić information content (AvgIpc) is 3.23. The summed E-state index contributed by atoms with van der Waals surface area (Å²) in [5.74, 6) is 7.45. The summed E-state index contributed by atoms with van der Waals surface area (Å²) in [6, 6.07) is 23.8. The smallest absolute Gasteiger partial charge is 0.261 e. The first kappa shape index (κ1) is 40.8. The summed E-state index contributed by atoms with van der Waals surface area (Å²) in [7, 11) is -2.60. The molecule has 2 aromatic rings. The third-order valence-electron chi connectivity index (χ3n) is 12.6. The molecular formula is C43H65N9O2S2Si. The van der Waals surface area contributed by atoms with Crippen LogP contribution in [0.15, 0.2) is 75.6 Å². The van der Waals surface area contributed by atoms with Crippen molar-refractivity contribution in [3.8, 4) is 0 Å². The monoisotopic (exact) mass is 831 g/mol. The molecule has 8 rings (SSSR count). The zero-order chi connectivity index (χ0) is 39.2. The molecule has 3 saturated heterocycles. The molecule has 6 aliphatic rings. The van der Waals surface area contributed by atoms with E-state index in [-0.39, 0.29) is 23.7 Å². The summed E-state index contributed by atoms with van der Waals surface area (Å²) in [6.45, 7) is 14.2. The van der Waals surface area contributed by atoms with Crippen molar-refractivity contribution >= 4 is 60.1 Å². The first-order valence-electron chi connectivity index (χ1n) is 21.6. The number of fused-ring (bicyclic) bond motifs is 3. The van der Waals surface area contributed by atoms with Gasteiger partial charge in [-0.05, 0) is 53.9 Å². The molecule has 14 heteroatoms. The van der Waals surface area contributed by atoms with E-state index in [0.717, 1.165) is 112 Å². The number of benzene rings is 2. The van der Waals surface area contributed by atoms with Gasteiger partial charge >= 0.3 is 0 Å². The average molecular weight is 832 g/mol. The molecule has 0 bridgehead atoms. The summed E-state index contributed by atoms with van der Waals surface area (Å²) in [5.41, 5.74) is 0. The van der Waals surface area contributed by atoms with E-state index >= 15 is 0 Å². The molecular weight excluding hydrogens is 767 g/mol. The van der Waals surface area contributed by atoms with Gasteiger partial charge < -0.3 is 40.2 Å². The van der Waals surface area contributed by atoms with Crippen LogP contribution in [0.4, 0.5) is 0 Å². The molecule has 0 saturated carbocycles. The molecule has 6 heterocycles. The highest BCUT2D eigenvalue weighted by Crippen LogP contribution is 2.37. The molecule has 0 spiro atoms. The quantitative estimate of drug-likeness (QED) is 0.212. The van der Waals surface area contributed by atoms with Gasteiger partial charge in [0.25, 0.3) is 8.32 Å². The highest BCUT2D eigenvalue weighted by Gasteiger charge is 2.50. The molecule has 0 unspecified atom stereocenters. The third-order valence-corrected chi connectivity index (χ3v) is 20.2. The molecule has 57 heavy (non-hydrogen) atoms. The van der Waals surface area contributed by atoms with E-state index in [1.807, 2.05) is 23.5 Å². The van der Waals surface area contributed by atoms with E-state index in [2.05, 4.69) is 112 Å². The zero-order valence-corrected chi connectivity index (χ0v) is 37.0. The van der Waals surface area contributed by atoms with Crippen LogP contribution in [-0.4, -0.2) is 158 Å². The molecule has 4 N–H and O–H groups in total. The Hall–Kier alpha value is -2.91. The van der Waals surface area contributed by atoms with Crippen LogP contribution in [0.1, 0.15) is 59.3 Å². The van der Waals surface area contributed by atoms with E-state index in [1.54, 1.807) is 0 Å². The Morgan fingerprint density at radius 2 is 1.00 bits per heavy atom. The predicted octanol–water partition coefficient (Wildman–Crippen LogP) is 3.40. The second-order valence-electron chi connectivity index (χ2n) is 17.8. The van der Waals surface area contributed by atoms with Gasteiger partial charge in [0.1, 0.15) is 0 Å². The van der Waals surface area contributed by atoms with Gasteiger partial charge in [-0.25, -0.2) is 15.0 Å². The number of thioether (sulfide) groups is 2. The summed E-state index contributed by atoms with van der Waals surface area (Å²) in [5, 5.41) is 23.3. The maximum atomic E-state index is 9.60. The van der Waals surface area contributed by atoms with Crippen LogP contribution in [0.3, 0.4) is 0 Å². The maximum absolute atomic E-state index is 9.60. The van der Waals surface area contributed by atoms with Crippen LogP contribution in [-0.2, 0) is 4.43 Å². The molecule has 0 aliphatic carbocycles. The van der Waals surface area contributed by atoms with Crippen LogP contribution in [0.2, 0.25) is 5.04 Å². The van der Waals surface area contributed by atoms with E-state index in [4.69, 9.17) is 19.4 Å². The van der Waals surface area contributed by atoms with Crippen molar-refractivity contribution in [2.45, 2.75) is 101 Å². The van der Waals surface area contributed by atoms with Crippen molar-refractivity contribution in [2.24, 2.45) is 15.0 Å². The number of nitrogens with one attached hydrogen (secondary N) is 3. The second kappa shape index (κ2) is 18.6. The SMILES string of the molecule is CC(C)(C)[Si](OC[C@H]1CCN2CC[C@H](CSC[C@H]3CCN4CC[C@H](CSC[C@H]5CCN6CC[C@H](CO)NC6=N5)NC4=N3)NC2=N1)(c1ccccc1)c1ccccc1. The van der Waals surface area contributed by atoms with Crippen molar-refractivity contribution in [3.63, 3.8) is 0 Å². The van der Waals surface area contributed by atoms with Crippen LogP contribution >= 0.6 is 23.5 Å². The number of nitrogens with zero attached hydrogens (tertiary/aromatic N) is 6. The summed E-state index contributed by atoms with van der Waals surface area (Å²) < 4.78 is 7.30. The molecule has 0 radical (unpaired) electrons. The molecule has 3 fully saturated rings. The Balaban J connectivity index is 0.807. The Kier molecular flexibility index (Phi) is 13.3. The number of hydrogen-bond donors (Lipinski definition) is 4. The van der Waals surface area contributed by atoms with Crippen LogP contribution in [0.5, 0.6) is 0 Å². The van der Waals surface area contributed by atoms with Crippen molar-refractivity contribution in [1.82, 2.24) is 30.7 Å². The molecule has 0 aromatic heterocycles. The number of guanidine groups is 3. The van der Waals surface area contributed by atoms with Gasteiger partial charge in [-0.3, -0.25) is 0 Å². The highest BCUT2D eigenvalue weighted by atomic mass is 32.2. The number of hydrogen-bond acceptors (Lipinski definition) is 13. The van der Waals surface area contributed by atoms with Gasteiger partial charge in [0.05, 0.1) is 37.4 Å². The van der Waals surface area contributed by atoms with Crippen molar-refractivity contribution in [2.75, 3.05) is 75.5 Å². The Morgan fingerprint density at radius 1 is 0.596 bits per heavy atom. The van der Waals surface area contributed by atoms with Crippen LogP contribution in [0, 0.1) is 0 Å². The molecule has 0 amide bonds. The van der Waals surface area contributed by atoms with Gasteiger partial charge in [-0.2, -0.15) is 23.5 Å². The first-order valence-corrected chi connectivity index (χ1v) is 25.8. The van der Waals surface area contributed by atoms with Gasteiger partial charge in [-0.15, -0.1) is 0 Å². The second-order valence-corrected chi connectivity index (χ2v) is 24.2. The molecule has 11 nitrogen and oxygen atoms in total. The molecule has 2 aromatic carbocycles. The number of rotatable bonds is 14. The fourth-order valence-electron chi connectivity index (χ4n) is 9.35. The Bertz CT molecular complexity index is 1670. The lowest BCUT2D eigenvalue weighted by Crippen LogP contribution is -2.67. The van der Waals surface area contributed by atoms with Crippen LogP contribution < -0.4 is 26.3 Å². The lowest BCUT2D eigenvalue weighted by molar-refractivity contribution is 0.211. The van der Waals surface area contributed by atoms with Gasteiger partial charge in [-0.1, -0.05) is 81.4 Å². The van der Waals surface area contributed by atoms with Gasteiger partial charge in [0, 0.05) is 74.4 Å². The minimum atomic E-state index is -2.60. The fraction of sp³-hybridized carbons (Fsp3) is 0.651. The van der Waals surface area contributed by atoms with Gasteiger partial charge in [0.15, 0.2) is 17.9 Å². The fourth-order valence-corrected chi connectivity index (χ4v) is 16.3. The lowest BCUT2D eigenvalue weighted by Gasteiger charge is -2.44. The summed E-state index contributed by atoms with van der Waals surface area (Å²) in [6.07, 6.45) is 6.57. The van der Waals surface area contributed by atoms with E-state index < -0.39 is 8.32 Å². The highest BCUT2D eigenvalue weighted by molar-refractivity contribution is 7.99. The van der Waals surface area contributed by atoms with Gasteiger partial charge in [0.2, 0.25) is 0 Å². The Morgan fingerprint density at radius 3 is 1.46 bits per heavy atom. The topological polar surface area (TPSA) is 112 Å². The summed E-state index contributed by atoms with van der Waals surface area (Å²) in [4.78, 5) is 22.8. The molecule has 6 aliphatic heterocycles. The van der Waals surface area contributed by atoms with E-state index in [1.165, 1.54) is 16.8 Å². The Labute approximate surface area is 350 Å². The normalized spacial score (nSPS) is 27.7. The minimum absolute atomic E-state index is 0.0437. The van der Waals surface area contributed by atoms with Crippen molar-refractivity contribution in [3.05, 3.63) is 60.7 Å². The maximum Gasteiger partial charge on any atom is 0.261 e. The number of aliphatic hydroxyl groups is 1. The summed E-state index contributed by atoms with van der Waals surface area (Å²) >= 11 is 4.07. The van der Waals surface area contributed by atoms with Crippen LogP contribution in [0.25, 0.3) is 0 Å². The largest absolute Gasteiger partial charge is 0.405 e. The minimum Gasteiger partial charge on any atom is -0.405 e. The van der Waals surface area contributed by atoms with E-state index in [9.17, 15) is 5.11 Å². The lowest BCUT2D eigenvalue weighted by atomic mass is 10.1. The zero-order valence-electron chi connectivity index (χ0n) is 34.3. The van der Waals surface area contributed by atoms with Crippen molar-refractivity contribution < 1.29 is 9.53 Å². The van der Waals surface area contributed by atoms with E-state index in [0.29, 0.717) is 30.8 Å². The van der Waals surface area contributed by atoms with Crippen molar-refractivity contribution in [1.29, 1.82) is 0 Å². The standard InChI is InChI=1S/C43H65N9O2S2Si/c1-43(2,3)57(38-10-6-4-7-11-38,39-12-8-5-9-13-39)54-27-33-15-21-51-23-17-35(47-41(51)45-33)29-56-31-37-19-25-52-24-18-36(48-42(52)49-37)30-55-28-34-16-22-50-20-14-32(26-53)44-40(50)46-34/h4-13,32-37,53H,14-31H2,1-3H3,(H,44,46)(H,45,47)(H,48,49)/t32-,33-,34-,35-,36-,37-/m1/s1. The first-order chi connectivity index (χ1) is 27.8.